The van der Waals surface area contributed by atoms with Crippen LogP contribution in [0.2, 0.25) is 0 Å². The first-order valence-corrected chi connectivity index (χ1v) is 6.21. The summed E-state index contributed by atoms with van der Waals surface area (Å²) in [6.07, 6.45) is -1.63. The van der Waals surface area contributed by atoms with E-state index in [-0.39, 0.29) is 12.0 Å². The minimum absolute atomic E-state index is 0.0749. The van der Waals surface area contributed by atoms with E-state index >= 15 is 0 Å². The quantitative estimate of drug-likeness (QED) is 0.925. The summed E-state index contributed by atoms with van der Waals surface area (Å²) in [6.45, 7) is 0. The molecular weight excluding hydrogens is 267 g/mol. The molecule has 1 atom stereocenters. The van der Waals surface area contributed by atoms with Crippen LogP contribution in [0.25, 0.3) is 0 Å². The molecule has 1 aromatic carbocycles. The molecule has 20 heavy (non-hydrogen) atoms. The van der Waals surface area contributed by atoms with E-state index in [1.54, 1.807) is 24.5 Å². The lowest BCUT2D eigenvalue weighted by molar-refractivity contribution is -0.139. The molecule has 0 amide bonds. The van der Waals surface area contributed by atoms with Crippen molar-refractivity contribution in [3.05, 3.63) is 65.5 Å². The Morgan fingerprint density at radius 2 is 1.70 bits per heavy atom. The van der Waals surface area contributed by atoms with Gasteiger partial charge in [0.05, 0.1) is 11.7 Å². The number of benzene rings is 1. The van der Waals surface area contributed by atoms with Crippen LogP contribution in [0.5, 0.6) is 0 Å². The summed E-state index contributed by atoms with van der Waals surface area (Å²) in [7, 11) is 0. The van der Waals surface area contributed by atoms with Crippen molar-refractivity contribution in [3.63, 3.8) is 0 Å². The van der Waals surface area contributed by atoms with Gasteiger partial charge >= 0.3 is 6.18 Å². The number of pyridine rings is 1. The Bertz CT molecular complexity index is 555. The van der Waals surface area contributed by atoms with Crippen molar-refractivity contribution in [2.75, 3.05) is 0 Å². The number of aliphatic hydroxyl groups excluding tert-OH is 1. The smallest absolute Gasteiger partial charge is 0.388 e. The van der Waals surface area contributed by atoms with E-state index in [1.165, 1.54) is 18.2 Å². The number of nitrogens with zero attached hydrogens (tertiary/aromatic N) is 1. The van der Waals surface area contributed by atoms with Crippen LogP contribution in [0.1, 0.15) is 29.2 Å². The van der Waals surface area contributed by atoms with Gasteiger partial charge < -0.3 is 5.11 Å². The minimum Gasteiger partial charge on any atom is -0.388 e. The average Bonchev–Trinajstić information content (AvgIpc) is 2.45. The van der Waals surface area contributed by atoms with Crippen LogP contribution in [-0.4, -0.2) is 10.1 Å². The van der Waals surface area contributed by atoms with Gasteiger partial charge in [0, 0.05) is 12.4 Å². The topological polar surface area (TPSA) is 33.1 Å². The normalized spacial score (nSPS) is 13.2. The lowest BCUT2D eigenvalue weighted by Crippen LogP contribution is -2.12. The molecule has 1 unspecified atom stereocenters. The maximum atomic E-state index is 12.9. The standard InChI is InChI=1S/C15H14F3NO/c16-15(17,18)13-4-2-1-3-12(13)14(20)6-5-11-7-9-19-10-8-11/h1-4,7-10,14,20H,5-6H2. The first-order chi connectivity index (χ1) is 9.48. The van der Waals surface area contributed by atoms with Crippen molar-refractivity contribution in [1.82, 2.24) is 4.98 Å². The zero-order valence-electron chi connectivity index (χ0n) is 10.6. The molecular formula is C15H14F3NO. The van der Waals surface area contributed by atoms with Gasteiger partial charge in [-0.3, -0.25) is 4.98 Å². The second-order valence-corrected chi connectivity index (χ2v) is 4.49. The number of hydrogen-bond donors (Lipinski definition) is 1. The Hall–Kier alpha value is -1.88. The van der Waals surface area contributed by atoms with Crippen molar-refractivity contribution in [1.29, 1.82) is 0 Å². The molecule has 0 aliphatic carbocycles. The molecule has 0 radical (unpaired) electrons. The maximum Gasteiger partial charge on any atom is 0.416 e. The van der Waals surface area contributed by atoms with Crippen molar-refractivity contribution < 1.29 is 18.3 Å². The lowest BCUT2D eigenvalue weighted by Gasteiger charge is -2.17. The fraction of sp³-hybridized carbons (Fsp3) is 0.267. The third-order valence-corrected chi connectivity index (χ3v) is 3.08. The molecule has 5 heteroatoms. The number of aryl methyl sites for hydroxylation is 1. The van der Waals surface area contributed by atoms with Gasteiger partial charge in [0.25, 0.3) is 0 Å². The number of aromatic nitrogens is 1. The Kier molecular flexibility index (Phi) is 4.39. The molecule has 1 heterocycles. The van der Waals surface area contributed by atoms with Crippen LogP contribution in [0, 0.1) is 0 Å². The van der Waals surface area contributed by atoms with E-state index in [9.17, 15) is 18.3 Å². The van der Waals surface area contributed by atoms with Gasteiger partial charge in [0.15, 0.2) is 0 Å². The summed E-state index contributed by atoms with van der Waals surface area (Å²) in [5.41, 5.74) is 0.0832. The third kappa shape index (κ3) is 3.57. The Morgan fingerprint density at radius 3 is 2.35 bits per heavy atom. The van der Waals surface area contributed by atoms with Gasteiger partial charge in [0.2, 0.25) is 0 Å². The molecule has 0 bridgehead atoms. The van der Waals surface area contributed by atoms with Crippen LogP contribution in [0.15, 0.2) is 48.8 Å². The first kappa shape index (κ1) is 14.5. The van der Waals surface area contributed by atoms with Gasteiger partial charge in [-0.05, 0) is 42.2 Å². The van der Waals surface area contributed by atoms with Crippen LogP contribution in [0.3, 0.4) is 0 Å². The van der Waals surface area contributed by atoms with E-state index in [2.05, 4.69) is 4.98 Å². The molecule has 0 saturated heterocycles. The van der Waals surface area contributed by atoms with Gasteiger partial charge in [-0.25, -0.2) is 0 Å². The molecule has 106 valence electrons. The fourth-order valence-corrected chi connectivity index (χ4v) is 2.05. The highest BCUT2D eigenvalue weighted by atomic mass is 19.4. The number of aliphatic hydroxyl groups is 1. The summed E-state index contributed by atoms with van der Waals surface area (Å²) in [4.78, 5) is 3.87. The highest BCUT2D eigenvalue weighted by Gasteiger charge is 2.34. The highest BCUT2D eigenvalue weighted by Crippen LogP contribution is 2.35. The van der Waals surface area contributed by atoms with E-state index in [4.69, 9.17) is 0 Å². The molecule has 1 N–H and O–H groups in total. The predicted molar refractivity (Wildman–Crippen MR) is 69.0 cm³/mol. The van der Waals surface area contributed by atoms with Crippen LogP contribution in [-0.2, 0) is 12.6 Å². The van der Waals surface area contributed by atoms with Gasteiger partial charge in [-0.2, -0.15) is 13.2 Å². The van der Waals surface area contributed by atoms with E-state index < -0.39 is 17.8 Å². The summed E-state index contributed by atoms with van der Waals surface area (Å²) < 4.78 is 38.6. The summed E-state index contributed by atoms with van der Waals surface area (Å²) >= 11 is 0. The number of alkyl halides is 3. The molecule has 0 fully saturated rings. The lowest BCUT2D eigenvalue weighted by atomic mass is 9.97. The molecule has 2 rings (SSSR count). The zero-order chi connectivity index (χ0) is 14.6. The number of halogens is 3. The number of hydrogen-bond acceptors (Lipinski definition) is 2. The Balaban J connectivity index is 2.12. The SMILES string of the molecule is OC(CCc1ccncc1)c1ccccc1C(F)(F)F. The van der Waals surface area contributed by atoms with Crippen LogP contribution < -0.4 is 0 Å². The van der Waals surface area contributed by atoms with E-state index in [0.29, 0.717) is 6.42 Å². The van der Waals surface area contributed by atoms with E-state index in [1.807, 2.05) is 0 Å². The van der Waals surface area contributed by atoms with E-state index in [0.717, 1.165) is 11.6 Å². The molecule has 0 spiro atoms. The van der Waals surface area contributed by atoms with Crippen molar-refractivity contribution in [2.45, 2.75) is 25.1 Å². The largest absolute Gasteiger partial charge is 0.416 e. The fourth-order valence-electron chi connectivity index (χ4n) is 2.05. The molecule has 0 aliphatic heterocycles. The molecule has 0 aliphatic rings. The molecule has 1 aromatic heterocycles. The second kappa shape index (κ2) is 6.05. The van der Waals surface area contributed by atoms with Gasteiger partial charge in [-0.15, -0.1) is 0 Å². The highest BCUT2D eigenvalue weighted by molar-refractivity contribution is 5.31. The van der Waals surface area contributed by atoms with Gasteiger partial charge in [-0.1, -0.05) is 18.2 Å². The molecule has 2 aromatic rings. The third-order valence-electron chi connectivity index (χ3n) is 3.08. The van der Waals surface area contributed by atoms with Gasteiger partial charge in [0.1, 0.15) is 0 Å². The molecule has 0 saturated carbocycles. The van der Waals surface area contributed by atoms with Crippen LogP contribution >= 0.6 is 0 Å². The number of rotatable bonds is 4. The van der Waals surface area contributed by atoms with Crippen LogP contribution in [0.4, 0.5) is 13.2 Å². The Morgan fingerprint density at radius 1 is 1.05 bits per heavy atom. The predicted octanol–water partition coefficient (Wildman–Crippen LogP) is 3.77. The zero-order valence-corrected chi connectivity index (χ0v) is 10.6. The maximum absolute atomic E-state index is 12.9. The monoisotopic (exact) mass is 281 g/mol. The minimum atomic E-state index is -4.45. The summed E-state index contributed by atoms with van der Waals surface area (Å²) in [5.74, 6) is 0. The van der Waals surface area contributed by atoms with Crippen molar-refractivity contribution in [3.8, 4) is 0 Å². The van der Waals surface area contributed by atoms with Crippen molar-refractivity contribution >= 4 is 0 Å². The average molecular weight is 281 g/mol. The summed E-state index contributed by atoms with van der Waals surface area (Å²) in [6, 6.07) is 8.69. The summed E-state index contributed by atoms with van der Waals surface area (Å²) in [5, 5.41) is 10.0. The van der Waals surface area contributed by atoms with Crippen molar-refractivity contribution in [2.24, 2.45) is 0 Å². The second-order valence-electron chi connectivity index (χ2n) is 4.49. The Labute approximate surface area is 114 Å². The molecule has 2 nitrogen and oxygen atoms in total. The first-order valence-electron chi connectivity index (χ1n) is 6.21.